The minimum absolute atomic E-state index is 0.126. The van der Waals surface area contributed by atoms with Crippen LogP contribution in [0.3, 0.4) is 0 Å². The Bertz CT molecular complexity index is 1170. The van der Waals surface area contributed by atoms with Crippen molar-refractivity contribution >= 4 is 5.91 Å². The van der Waals surface area contributed by atoms with Crippen molar-refractivity contribution in [1.29, 1.82) is 0 Å². The maximum absolute atomic E-state index is 14.0. The van der Waals surface area contributed by atoms with E-state index in [1.807, 2.05) is 22.9 Å². The van der Waals surface area contributed by atoms with Gasteiger partial charge >= 0.3 is 0 Å². The zero-order chi connectivity index (χ0) is 23.3. The Kier molecular flexibility index (Phi) is 5.29. The van der Waals surface area contributed by atoms with Gasteiger partial charge < -0.3 is 10.2 Å². The van der Waals surface area contributed by atoms with Crippen molar-refractivity contribution in [3.8, 4) is 5.82 Å². The lowest BCUT2D eigenvalue weighted by Crippen LogP contribution is -2.58. The quantitative estimate of drug-likeness (QED) is 0.627. The molecule has 2 aromatic heterocycles. The molecule has 6 heteroatoms. The van der Waals surface area contributed by atoms with Crippen molar-refractivity contribution in [3.63, 3.8) is 0 Å². The van der Waals surface area contributed by atoms with E-state index in [0.717, 1.165) is 37.3 Å². The summed E-state index contributed by atoms with van der Waals surface area (Å²) in [5.41, 5.74) is 2.15. The van der Waals surface area contributed by atoms with E-state index >= 15 is 0 Å². The van der Waals surface area contributed by atoms with Crippen molar-refractivity contribution in [1.82, 2.24) is 24.8 Å². The first-order valence-corrected chi connectivity index (χ1v) is 12.7. The van der Waals surface area contributed by atoms with Crippen LogP contribution in [0.1, 0.15) is 61.3 Å². The molecule has 2 aliphatic heterocycles. The molecule has 0 unspecified atom stereocenters. The number of nitrogens with one attached hydrogen (secondary N) is 1. The number of aryl methyl sites for hydroxylation is 1. The van der Waals surface area contributed by atoms with E-state index in [2.05, 4.69) is 64.4 Å². The molecule has 5 atom stereocenters. The van der Waals surface area contributed by atoms with E-state index in [4.69, 9.17) is 0 Å². The monoisotopic (exact) mass is 455 g/mol. The molecule has 6 rings (SSSR count). The number of amides is 1. The fourth-order valence-corrected chi connectivity index (χ4v) is 6.87. The number of piperidine rings is 1. The van der Waals surface area contributed by atoms with Crippen LogP contribution in [0.25, 0.3) is 5.82 Å². The number of carbonyl (C=O) groups is 1. The fourth-order valence-electron chi connectivity index (χ4n) is 6.87. The van der Waals surface area contributed by atoms with Crippen LogP contribution >= 0.6 is 0 Å². The Balaban J connectivity index is 1.31. The summed E-state index contributed by atoms with van der Waals surface area (Å²) in [5.74, 6) is 1.90. The largest absolute Gasteiger partial charge is 0.330 e. The Hall–Kier alpha value is -2.99. The number of hydrogen-bond acceptors (Lipinski definition) is 4. The second kappa shape index (κ2) is 8.35. The number of hydrogen-bond donors (Lipinski definition) is 1. The molecule has 3 aliphatic rings. The first-order valence-electron chi connectivity index (χ1n) is 12.7. The summed E-state index contributed by atoms with van der Waals surface area (Å²) >= 11 is 0. The average molecular weight is 456 g/mol. The number of aromatic nitrogens is 3. The van der Waals surface area contributed by atoms with E-state index in [-0.39, 0.29) is 29.4 Å². The molecule has 6 nitrogen and oxygen atoms in total. The van der Waals surface area contributed by atoms with Crippen LogP contribution in [0.2, 0.25) is 0 Å². The first kappa shape index (κ1) is 21.5. The zero-order valence-corrected chi connectivity index (χ0v) is 20.0. The molecule has 4 heterocycles. The minimum Gasteiger partial charge on any atom is -0.330 e. The molecule has 3 aromatic rings. The summed E-state index contributed by atoms with van der Waals surface area (Å²) in [5, 5.41) is 3.99. The van der Waals surface area contributed by atoms with Crippen LogP contribution in [0.4, 0.5) is 0 Å². The van der Waals surface area contributed by atoms with Crippen LogP contribution in [-0.4, -0.2) is 49.5 Å². The average Bonchev–Trinajstić information content (AvgIpc) is 3.46. The van der Waals surface area contributed by atoms with E-state index in [1.54, 1.807) is 12.4 Å². The highest BCUT2D eigenvalue weighted by molar-refractivity contribution is 5.95. The van der Waals surface area contributed by atoms with Crippen LogP contribution in [0.5, 0.6) is 0 Å². The van der Waals surface area contributed by atoms with Gasteiger partial charge in [-0.3, -0.25) is 9.36 Å². The number of fused-ring (bicyclic) bond motifs is 1. The van der Waals surface area contributed by atoms with Crippen LogP contribution in [0.15, 0.2) is 61.1 Å². The van der Waals surface area contributed by atoms with Gasteiger partial charge in [0.2, 0.25) is 0 Å². The van der Waals surface area contributed by atoms with Gasteiger partial charge in [0.05, 0.1) is 5.56 Å². The Morgan fingerprint density at radius 3 is 2.76 bits per heavy atom. The van der Waals surface area contributed by atoms with Gasteiger partial charge in [0.15, 0.2) is 0 Å². The maximum Gasteiger partial charge on any atom is 0.255 e. The highest BCUT2D eigenvalue weighted by Crippen LogP contribution is 2.53. The van der Waals surface area contributed by atoms with E-state index < -0.39 is 0 Å². The molecule has 1 amide bonds. The third-order valence-electron chi connectivity index (χ3n) is 8.56. The molecule has 3 fully saturated rings. The van der Waals surface area contributed by atoms with Crippen molar-refractivity contribution in [2.45, 2.75) is 76.5 Å². The summed E-state index contributed by atoms with van der Waals surface area (Å²) in [7, 11) is 0. The molecule has 1 aliphatic carbocycles. The Morgan fingerprint density at radius 2 is 2.00 bits per heavy atom. The lowest BCUT2D eigenvalue weighted by Gasteiger charge is -2.46. The molecular formula is C28H33N5O. The lowest BCUT2D eigenvalue weighted by molar-refractivity contribution is 0.0558. The number of likely N-dealkylation sites (tertiary alicyclic amines) is 1. The number of imidazole rings is 1. The summed E-state index contributed by atoms with van der Waals surface area (Å²) in [4.78, 5) is 25.3. The van der Waals surface area contributed by atoms with E-state index in [0.29, 0.717) is 11.6 Å². The molecule has 1 saturated carbocycles. The standard InChI is InChI=1S/C28H33N5O/c1-3-25-29-14-15-32(25)26-13-12-20(18-30-26)27(34)33-22-17-28(2)23(10-7-11-24(28)33)31-21(22)16-19-8-5-4-6-9-19/h4-6,8-9,12-15,18,21-24,31H,3,7,10-11,16-17H2,1-2H3/t21-,22+,23-,24+,28-/m1/s1. The van der Waals surface area contributed by atoms with Crippen molar-refractivity contribution < 1.29 is 4.79 Å². The predicted molar refractivity (Wildman–Crippen MR) is 132 cm³/mol. The number of pyridine rings is 1. The summed E-state index contributed by atoms with van der Waals surface area (Å²) in [6, 6.07) is 15.8. The van der Waals surface area contributed by atoms with Crippen LogP contribution in [-0.2, 0) is 12.8 Å². The topological polar surface area (TPSA) is 63.1 Å². The SMILES string of the molecule is CCc1nccn1-c1ccc(C(=O)N2[C@H]3CCC[C@H]4N[C@H](Cc5ccccc5)[C@@H]2C[C@@]34C)cn1. The molecule has 2 bridgehead atoms. The first-order chi connectivity index (χ1) is 16.6. The summed E-state index contributed by atoms with van der Waals surface area (Å²) in [6.07, 6.45) is 11.8. The van der Waals surface area contributed by atoms with Gasteiger partial charge in [-0.25, -0.2) is 9.97 Å². The van der Waals surface area contributed by atoms with Crippen molar-refractivity contribution in [2.75, 3.05) is 0 Å². The van der Waals surface area contributed by atoms with Crippen molar-refractivity contribution in [2.24, 2.45) is 5.41 Å². The van der Waals surface area contributed by atoms with Gasteiger partial charge in [-0.15, -0.1) is 0 Å². The number of benzene rings is 1. The Labute approximate surface area is 201 Å². The minimum atomic E-state index is 0.126. The third-order valence-corrected chi connectivity index (χ3v) is 8.56. The smallest absolute Gasteiger partial charge is 0.255 e. The maximum atomic E-state index is 14.0. The molecule has 0 radical (unpaired) electrons. The van der Waals surface area contributed by atoms with Gasteiger partial charge in [0.1, 0.15) is 11.6 Å². The molecule has 0 spiro atoms. The van der Waals surface area contributed by atoms with E-state index in [9.17, 15) is 4.79 Å². The molecule has 1 aromatic carbocycles. The van der Waals surface area contributed by atoms with Crippen LogP contribution < -0.4 is 5.32 Å². The van der Waals surface area contributed by atoms with Crippen molar-refractivity contribution in [3.05, 3.63) is 78.0 Å². The number of rotatable bonds is 5. The molecular weight excluding hydrogens is 422 g/mol. The lowest BCUT2D eigenvalue weighted by atomic mass is 9.65. The highest BCUT2D eigenvalue weighted by Gasteiger charge is 2.61. The zero-order valence-electron chi connectivity index (χ0n) is 20.0. The molecule has 176 valence electrons. The second-order valence-electron chi connectivity index (χ2n) is 10.4. The van der Waals surface area contributed by atoms with Crippen LogP contribution in [0, 0.1) is 5.41 Å². The molecule has 1 N–H and O–H groups in total. The van der Waals surface area contributed by atoms with Gasteiger partial charge in [-0.05, 0) is 49.8 Å². The van der Waals surface area contributed by atoms with Gasteiger partial charge in [-0.2, -0.15) is 0 Å². The van der Waals surface area contributed by atoms with Gasteiger partial charge in [0, 0.05) is 54.6 Å². The highest BCUT2D eigenvalue weighted by atomic mass is 16.2. The third kappa shape index (κ3) is 3.38. The normalized spacial score (nSPS) is 29.9. The summed E-state index contributed by atoms with van der Waals surface area (Å²) in [6.45, 7) is 4.49. The molecule has 34 heavy (non-hydrogen) atoms. The summed E-state index contributed by atoms with van der Waals surface area (Å²) < 4.78 is 1.99. The second-order valence-corrected chi connectivity index (χ2v) is 10.4. The number of carbonyl (C=O) groups excluding carboxylic acids is 1. The Morgan fingerprint density at radius 1 is 1.15 bits per heavy atom. The van der Waals surface area contributed by atoms with E-state index in [1.165, 1.54) is 18.4 Å². The predicted octanol–water partition coefficient (Wildman–Crippen LogP) is 4.19. The molecule has 2 saturated heterocycles. The van der Waals surface area contributed by atoms with Gasteiger partial charge in [0.25, 0.3) is 5.91 Å². The number of nitrogens with zero attached hydrogens (tertiary/aromatic N) is 4. The van der Waals surface area contributed by atoms with Gasteiger partial charge in [-0.1, -0.05) is 44.2 Å². The fraction of sp³-hybridized carbons (Fsp3) is 0.464.